The van der Waals surface area contributed by atoms with Crippen molar-refractivity contribution in [3.63, 3.8) is 0 Å². The highest BCUT2D eigenvalue weighted by atomic mass is 19.4. The molecule has 88 valence electrons. The van der Waals surface area contributed by atoms with Crippen molar-refractivity contribution in [3.8, 4) is 0 Å². The largest absolute Gasteiger partial charge is 0.455 e. The molecule has 0 fully saturated rings. The number of hydrogen-bond acceptors (Lipinski definition) is 4. The van der Waals surface area contributed by atoms with Gasteiger partial charge in [0.1, 0.15) is 6.04 Å². The first-order chi connectivity index (χ1) is 7.34. The summed E-state index contributed by atoms with van der Waals surface area (Å²) >= 11 is 0. The van der Waals surface area contributed by atoms with Gasteiger partial charge < -0.3 is 9.84 Å². The second kappa shape index (κ2) is 4.33. The fraction of sp³-hybridized carbons (Fsp3) is 0.375. The quantitative estimate of drug-likeness (QED) is 0.805. The highest BCUT2D eigenvalue weighted by molar-refractivity contribution is 5.87. The van der Waals surface area contributed by atoms with Crippen LogP contribution in [0.1, 0.15) is 24.7 Å². The minimum absolute atomic E-state index is 0.317. The molecule has 0 aliphatic heterocycles. The molecule has 0 radical (unpaired) electrons. The molecule has 0 spiro atoms. The number of hydrogen-bond donors (Lipinski definition) is 1. The topological polar surface area (TPSA) is 68.0 Å². The van der Waals surface area contributed by atoms with Gasteiger partial charge in [-0.3, -0.25) is 4.79 Å². The number of alkyl halides is 3. The van der Waals surface area contributed by atoms with Gasteiger partial charge in [0.15, 0.2) is 0 Å². The molecule has 1 atom stereocenters. The van der Waals surface area contributed by atoms with Crippen molar-refractivity contribution >= 4 is 5.91 Å². The molecule has 0 saturated heterocycles. The minimum atomic E-state index is -4.66. The molecule has 0 aliphatic carbocycles. The zero-order valence-electron chi connectivity index (χ0n) is 8.21. The second-order valence-electron chi connectivity index (χ2n) is 2.89. The maximum atomic E-state index is 12.1. The molecule has 1 aromatic rings. The van der Waals surface area contributed by atoms with E-state index in [0.717, 1.165) is 6.08 Å². The first-order valence-electron chi connectivity index (χ1n) is 4.18. The van der Waals surface area contributed by atoms with Crippen molar-refractivity contribution in [3.05, 3.63) is 24.4 Å². The van der Waals surface area contributed by atoms with Crippen molar-refractivity contribution < 1.29 is 22.5 Å². The van der Waals surface area contributed by atoms with Gasteiger partial charge in [-0.15, -0.1) is 0 Å². The fourth-order valence-corrected chi connectivity index (χ4v) is 0.860. The Labute approximate surface area is 88.3 Å². The van der Waals surface area contributed by atoms with Crippen LogP contribution in [0.2, 0.25) is 0 Å². The zero-order valence-corrected chi connectivity index (χ0v) is 8.21. The van der Waals surface area contributed by atoms with E-state index in [4.69, 9.17) is 0 Å². The first kappa shape index (κ1) is 12.2. The van der Waals surface area contributed by atoms with E-state index in [9.17, 15) is 18.0 Å². The van der Waals surface area contributed by atoms with Gasteiger partial charge in [0.2, 0.25) is 11.8 Å². The number of nitrogens with zero attached hydrogens (tertiary/aromatic N) is 2. The van der Waals surface area contributed by atoms with Crippen LogP contribution in [0.4, 0.5) is 13.2 Å². The molecule has 1 amide bonds. The van der Waals surface area contributed by atoms with Gasteiger partial charge in [-0.05, 0) is 13.0 Å². The first-order valence-corrected chi connectivity index (χ1v) is 4.18. The number of aromatic nitrogens is 2. The normalized spacial score (nSPS) is 13.2. The van der Waals surface area contributed by atoms with Crippen LogP contribution in [0.15, 0.2) is 17.2 Å². The summed E-state index contributed by atoms with van der Waals surface area (Å²) in [6.07, 6.45) is -3.68. The van der Waals surface area contributed by atoms with E-state index in [1.165, 1.54) is 6.92 Å². The number of carbonyl (C=O) groups excluding carboxylic acids is 1. The lowest BCUT2D eigenvalue weighted by Crippen LogP contribution is -2.24. The number of halogens is 3. The molecule has 5 nitrogen and oxygen atoms in total. The van der Waals surface area contributed by atoms with Gasteiger partial charge in [-0.1, -0.05) is 11.7 Å². The molecular weight excluding hydrogens is 227 g/mol. The van der Waals surface area contributed by atoms with Crippen LogP contribution in [-0.2, 0) is 11.0 Å². The minimum Gasteiger partial charge on any atom is -0.341 e. The Kier molecular flexibility index (Phi) is 3.31. The summed E-state index contributed by atoms with van der Waals surface area (Å²) in [5.74, 6) is -2.23. The maximum absolute atomic E-state index is 12.1. The highest BCUT2D eigenvalue weighted by Gasteiger charge is 2.37. The van der Waals surface area contributed by atoms with E-state index in [1.807, 2.05) is 0 Å². The molecule has 0 saturated carbocycles. The Balaban J connectivity index is 2.78. The third-order valence-electron chi connectivity index (χ3n) is 1.61. The van der Waals surface area contributed by atoms with Crippen molar-refractivity contribution in [1.29, 1.82) is 0 Å². The summed E-state index contributed by atoms with van der Waals surface area (Å²) in [5.41, 5.74) is 0. The van der Waals surface area contributed by atoms with Crippen molar-refractivity contribution in [2.45, 2.75) is 19.1 Å². The average Bonchev–Trinajstić information content (AvgIpc) is 2.65. The Morgan fingerprint density at radius 1 is 1.62 bits per heavy atom. The third kappa shape index (κ3) is 2.81. The van der Waals surface area contributed by atoms with Crippen LogP contribution in [0.3, 0.4) is 0 Å². The van der Waals surface area contributed by atoms with Crippen LogP contribution in [0.25, 0.3) is 0 Å². The van der Waals surface area contributed by atoms with Crippen molar-refractivity contribution in [1.82, 2.24) is 15.5 Å². The Morgan fingerprint density at radius 2 is 2.25 bits per heavy atom. The number of amides is 1. The van der Waals surface area contributed by atoms with Crippen LogP contribution in [-0.4, -0.2) is 16.0 Å². The molecular formula is C8H8F3N3O2. The predicted octanol–water partition coefficient (Wildman–Crippen LogP) is 1.45. The lowest BCUT2D eigenvalue weighted by atomic mass is 10.3. The van der Waals surface area contributed by atoms with Crippen LogP contribution >= 0.6 is 0 Å². The van der Waals surface area contributed by atoms with Crippen molar-refractivity contribution in [2.24, 2.45) is 0 Å². The summed E-state index contributed by atoms with van der Waals surface area (Å²) in [5, 5.41) is 5.04. The molecule has 1 unspecified atom stereocenters. The lowest BCUT2D eigenvalue weighted by Gasteiger charge is -2.06. The van der Waals surface area contributed by atoms with E-state index < -0.39 is 23.9 Å². The molecule has 0 bridgehead atoms. The Hall–Kier alpha value is -1.86. The van der Waals surface area contributed by atoms with Crippen LogP contribution in [0, 0.1) is 0 Å². The Morgan fingerprint density at radius 3 is 2.69 bits per heavy atom. The van der Waals surface area contributed by atoms with Gasteiger partial charge in [-0.25, -0.2) is 0 Å². The summed E-state index contributed by atoms with van der Waals surface area (Å²) in [4.78, 5) is 14.0. The summed E-state index contributed by atoms with van der Waals surface area (Å²) < 4.78 is 40.7. The molecule has 0 aromatic carbocycles. The van der Waals surface area contributed by atoms with Gasteiger partial charge in [0.05, 0.1) is 0 Å². The standard InChI is InChI=1S/C8H8F3N3O2/c1-3-5(15)12-4(2)6-13-7(14-16-6)8(9,10)11/h3-4H,1H2,2H3,(H,12,15). The molecule has 1 heterocycles. The smallest absolute Gasteiger partial charge is 0.341 e. The van der Waals surface area contributed by atoms with E-state index in [-0.39, 0.29) is 5.89 Å². The molecule has 1 N–H and O–H groups in total. The van der Waals surface area contributed by atoms with E-state index >= 15 is 0 Å². The predicted molar refractivity (Wildman–Crippen MR) is 46.1 cm³/mol. The fourth-order valence-electron chi connectivity index (χ4n) is 0.860. The second-order valence-corrected chi connectivity index (χ2v) is 2.89. The maximum Gasteiger partial charge on any atom is 0.455 e. The molecule has 16 heavy (non-hydrogen) atoms. The van der Waals surface area contributed by atoms with Gasteiger partial charge in [0, 0.05) is 0 Å². The van der Waals surface area contributed by atoms with E-state index in [0.29, 0.717) is 0 Å². The number of nitrogens with one attached hydrogen (secondary N) is 1. The SMILES string of the molecule is C=CC(=O)NC(C)c1nc(C(F)(F)F)no1. The molecule has 0 aliphatic rings. The Bertz CT molecular complexity index is 399. The molecule has 1 rings (SSSR count). The van der Waals surface area contributed by atoms with E-state index in [1.54, 1.807) is 0 Å². The monoisotopic (exact) mass is 235 g/mol. The highest BCUT2D eigenvalue weighted by Crippen LogP contribution is 2.27. The summed E-state index contributed by atoms with van der Waals surface area (Å²) in [7, 11) is 0. The van der Waals surface area contributed by atoms with Gasteiger partial charge >= 0.3 is 6.18 Å². The van der Waals surface area contributed by atoms with E-state index in [2.05, 4.69) is 26.6 Å². The van der Waals surface area contributed by atoms with Crippen LogP contribution in [0.5, 0.6) is 0 Å². The number of carbonyl (C=O) groups is 1. The summed E-state index contributed by atoms with van der Waals surface area (Å²) in [6.45, 7) is 4.60. The molecule has 8 heteroatoms. The third-order valence-corrected chi connectivity index (χ3v) is 1.61. The van der Waals surface area contributed by atoms with Crippen molar-refractivity contribution in [2.75, 3.05) is 0 Å². The van der Waals surface area contributed by atoms with Gasteiger partial charge in [0.25, 0.3) is 5.82 Å². The summed E-state index contributed by atoms with van der Waals surface area (Å²) in [6, 6.07) is -0.811. The molecule has 1 aromatic heterocycles. The van der Waals surface area contributed by atoms with Gasteiger partial charge in [-0.2, -0.15) is 18.2 Å². The lowest BCUT2D eigenvalue weighted by molar-refractivity contribution is -0.146. The number of rotatable bonds is 3. The average molecular weight is 235 g/mol. The zero-order chi connectivity index (χ0) is 12.3. The van der Waals surface area contributed by atoms with Crippen LogP contribution < -0.4 is 5.32 Å².